The molecule has 1 heterocycles. The smallest absolute Gasteiger partial charge is 0.305 e. The number of benzene rings is 1. The van der Waals surface area contributed by atoms with Crippen LogP contribution in [0.4, 0.5) is 0 Å². The molecule has 0 fully saturated rings. The van der Waals surface area contributed by atoms with Gasteiger partial charge < -0.3 is 4.74 Å². The summed E-state index contributed by atoms with van der Waals surface area (Å²) in [6.45, 7) is 0. The molecule has 0 spiro atoms. The van der Waals surface area contributed by atoms with E-state index in [1.807, 2.05) is 30.5 Å². The summed E-state index contributed by atoms with van der Waals surface area (Å²) in [6.07, 6.45) is 2.86. The highest BCUT2D eigenvalue weighted by Gasteiger charge is 2.07. The van der Waals surface area contributed by atoms with E-state index in [0.29, 0.717) is 12.8 Å². The van der Waals surface area contributed by atoms with Crippen molar-refractivity contribution in [3.63, 3.8) is 0 Å². The van der Waals surface area contributed by atoms with Gasteiger partial charge in [-0.25, -0.2) is 4.98 Å². The van der Waals surface area contributed by atoms with Crippen molar-refractivity contribution in [1.29, 1.82) is 0 Å². The van der Waals surface area contributed by atoms with Crippen molar-refractivity contribution < 1.29 is 9.53 Å². The highest BCUT2D eigenvalue weighted by atomic mass is 79.9. The summed E-state index contributed by atoms with van der Waals surface area (Å²) in [7, 11) is 1.40. The summed E-state index contributed by atoms with van der Waals surface area (Å²) in [6, 6.07) is 8.09. The Labute approximate surface area is 118 Å². The van der Waals surface area contributed by atoms with Gasteiger partial charge in [-0.15, -0.1) is 11.3 Å². The summed E-state index contributed by atoms with van der Waals surface area (Å²) in [5, 5.41) is 0.957. The zero-order valence-corrected chi connectivity index (χ0v) is 12.3. The third-order valence-corrected chi connectivity index (χ3v) is 4.09. The molecule has 0 unspecified atom stereocenters. The molecule has 1 aromatic carbocycles. The first kappa shape index (κ1) is 13.2. The Balaban J connectivity index is 2.06. The van der Waals surface area contributed by atoms with Gasteiger partial charge in [0, 0.05) is 17.1 Å². The van der Waals surface area contributed by atoms with Gasteiger partial charge in [-0.1, -0.05) is 28.1 Å². The molecule has 2 aromatic rings. The van der Waals surface area contributed by atoms with Crippen LogP contribution in [-0.4, -0.2) is 18.1 Å². The minimum Gasteiger partial charge on any atom is -0.469 e. The fourth-order valence-electron chi connectivity index (χ4n) is 1.48. The van der Waals surface area contributed by atoms with Crippen LogP contribution in [0, 0.1) is 0 Å². The Hall–Kier alpha value is -1.20. The van der Waals surface area contributed by atoms with Gasteiger partial charge in [-0.3, -0.25) is 4.79 Å². The maximum Gasteiger partial charge on any atom is 0.305 e. The van der Waals surface area contributed by atoms with Gasteiger partial charge in [0.25, 0.3) is 0 Å². The minimum atomic E-state index is -0.199. The van der Waals surface area contributed by atoms with Crippen LogP contribution >= 0.6 is 27.3 Å². The quantitative estimate of drug-likeness (QED) is 0.805. The van der Waals surface area contributed by atoms with Crippen molar-refractivity contribution >= 4 is 33.2 Å². The number of aryl methyl sites for hydroxylation is 1. The molecule has 94 valence electrons. The van der Waals surface area contributed by atoms with Gasteiger partial charge in [0.05, 0.1) is 23.4 Å². The van der Waals surface area contributed by atoms with E-state index in [4.69, 9.17) is 0 Å². The number of aromatic nitrogens is 1. The summed E-state index contributed by atoms with van der Waals surface area (Å²) in [5.74, 6) is -0.199. The largest absolute Gasteiger partial charge is 0.469 e. The number of hydrogen-bond donors (Lipinski definition) is 0. The normalized spacial score (nSPS) is 10.3. The molecule has 0 saturated heterocycles. The average Bonchev–Trinajstić information content (AvgIpc) is 2.85. The standard InChI is InChI=1S/C13H12BrNO2S/c1-17-13(16)7-6-12-15-8-11(18-12)9-2-4-10(14)5-3-9/h2-5,8H,6-7H2,1H3. The number of nitrogens with zero attached hydrogens (tertiary/aromatic N) is 1. The lowest BCUT2D eigenvalue weighted by atomic mass is 10.2. The van der Waals surface area contributed by atoms with Crippen molar-refractivity contribution in [2.24, 2.45) is 0 Å². The number of thiazole rings is 1. The fourth-order valence-corrected chi connectivity index (χ4v) is 2.67. The first-order valence-corrected chi connectivity index (χ1v) is 7.07. The first-order chi connectivity index (χ1) is 8.69. The number of halogens is 1. The third kappa shape index (κ3) is 3.40. The number of methoxy groups -OCH3 is 1. The number of esters is 1. The van der Waals surface area contributed by atoms with Crippen LogP contribution < -0.4 is 0 Å². The summed E-state index contributed by atoms with van der Waals surface area (Å²) in [5.41, 5.74) is 1.14. The van der Waals surface area contributed by atoms with Crippen LogP contribution in [0.3, 0.4) is 0 Å². The summed E-state index contributed by atoms with van der Waals surface area (Å²) in [4.78, 5) is 16.5. The van der Waals surface area contributed by atoms with Gasteiger partial charge in [0.15, 0.2) is 0 Å². The van der Waals surface area contributed by atoms with Gasteiger partial charge in [-0.2, -0.15) is 0 Å². The monoisotopic (exact) mass is 325 g/mol. The summed E-state index contributed by atoms with van der Waals surface area (Å²) >= 11 is 5.02. The van der Waals surface area contributed by atoms with E-state index in [0.717, 1.165) is 19.9 Å². The molecule has 0 saturated carbocycles. The molecule has 18 heavy (non-hydrogen) atoms. The zero-order valence-electron chi connectivity index (χ0n) is 9.85. The lowest BCUT2D eigenvalue weighted by molar-refractivity contribution is -0.140. The van der Waals surface area contributed by atoms with E-state index in [2.05, 4.69) is 25.7 Å². The lowest BCUT2D eigenvalue weighted by Gasteiger charge is -1.97. The van der Waals surface area contributed by atoms with Crippen molar-refractivity contribution in [2.45, 2.75) is 12.8 Å². The van der Waals surface area contributed by atoms with E-state index >= 15 is 0 Å². The highest BCUT2D eigenvalue weighted by Crippen LogP contribution is 2.27. The number of hydrogen-bond acceptors (Lipinski definition) is 4. The molecule has 0 aliphatic rings. The Morgan fingerprint density at radius 2 is 2.11 bits per heavy atom. The van der Waals surface area contributed by atoms with Gasteiger partial charge in [-0.05, 0) is 17.7 Å². The molecule has 0 amide bonds. The second kappa shape index (κ2) is 6.11. The molecular weight excluding hydrogens is 314 g/mol. The molecule has 3 nitrogen and oxygen atoms in total. The topological polar surface area (TPSA) is 39.2 Å². The van der Waals surface area contributed by atoms with E-state index in [1.54, 1.807) is 11.3 Å². The molecular formula is C13H12BrNO2S. The van der Waals surface area contributed by atoms with Crippen molar-refractivity contribution in [1.82, 2.24) is 4.98 Å². The number of carbonyl (C=O) groups is 1. The SMILES string of the molecule is COC(=O)CCc1ncc(-c2ccc(Br)cc2)s1. The van der Waals surface area contributed by atoms with E-state index in [1.165, 1.54) is 7.11 Å². The van der Waals surface area contributed by atoms with Gasteiger partial charge >= 0.3 is 5.97 Å². The molecule has 2 rings (SSSR count). The van der Waals surface area contributed by atoms with E-state index in [9.17, 15) is 4.79 Å². The van der Waals surface area contributed by atoms with Crippen LogP contribution in [0.25, 0.3) is 10.4 Å². The minimum absolute atomic E-state index is 0.199. The number of ether oxygens (including phenoxy) is 1. The molecule has 0 atom stereocenters. The lowest BCUT2D eigenvalue weighted by Crippen LogP contribution is -2.01. The maximum atomic E-state index is 11.0. The van der Waals surface area contributed by atoms with Crippen LogP contribution in [-0.2, 0) is 16.0 Å². The predicted octanol–water partition coefficient (Wildman–Crippen LogP) is 3.68. The second-order valence-corrected chi connectivity index (χ2v) is 5.73. The Bertz CT molecular complexity index is 536. The van der Waals surface area contributed by atoms with E-state index < -0.39 is 0 Å². The van der Waals surface area contributed by atoms with Crippen molar-refractivity contribution in [2.75, 3.05) is 7.11 Å². The number of rotatable bonds is 4. The van der Waals surface area contributed by atoms with Crippen LogP contribution in [0.5, 0.6) is 0 Å². The highest BCUT2D eigenvalue weighted by molar-refractivity contribution is 9.10. The molecule has 0 aliphatic heterocycles. The molecule has 0 radical (unpaired) electrons. The van der Waals surface area contributed by atoms with Gasteiger partial charge in [0.1, 0.15) is 0 Å². The molecule has 0 N–H and O–H groups in total. The fraction of sp³-hybridized carbons (Fsp3) is 0.231. The molecule has 0 bridgehead atoms. The zero-order chi connectivity index (χ0) is 13.0. The summed E-state index contributed by atoms with van der Waals surface area (Å²) < 4.78 is 5.67. The average molecular weight is 326 g/mol. The van der Waals surface area contributed by atoms with Crippen LogP contribution in [0.1, 0.15) is 11.4 Å². The van der Waals surface area contributed by atoms with Crippen molar-refractivity contribution in [3.05, 3.63) is 39.9 Å². The molecule has 5 heteroatoms. The van der Waals surface area contributed by atoms with Gasteiger partial charge in [0.2, 0.25) is 0 Å². The van der Waals surface area contributed by atoms with Crippen LogP contribution in [0.15, 0.2) is 34.9 Å². The third-order valence-electron chi connectivity index (χ3n) is 2.45. The second-order valence-electron chi connectivity index (χ2n) is 3.70. The molecule has 1 aromatic heterocycles. The van der Waals surface area contributed by atoms with Crippen molar-refractivity contribution in [3.8, 4) is 10.4 Å². The maximum absolute atomic E-state index is 11.0. The first-order valence-electron chi connectivity index (χ1n) is 5.46. The Morgan fingerprint density at radius 1 is 1.39 bits per heavy atom. The Kier molecular flexibility index (Phi) is 4.49. The molecule has 0 aliphatic carbocycles. The van der Waals surface area contributed by atoms with Crippen LogP contribution in [0.2, 0.25) is 0 Å². The van der Waals surface area contributed by atoms with E-state index in [-0.39, 0.29) is 5.97 Å². The number of carbonyl (C=O) groups excluding carboxylic acids is 1. The Morgan fingerprint density at radius 3 is 2.78 bits per heavy atom. The predicted molar refractivity (Wildman–Crippen MR) is 75.6 cm³/mol.